The van der Waals surface area contributed by atoms with E-state index in [9.17, 15) is 0 Å². The Morgan fingerprint density at radius 2 is 1.89 bits per heavy atom. The summed E-state index contributed by atoms with van der Waals surface area (Å²) in [6.07, 6.45) is 0. The van der Waals surface area contributed by atoms with Crippen LogP contribution in [0, 0.1) is 6.92 Å². The van der Waals surface area contributed by atoms with Crippen molar-refractivity contribution in [3.63, 3.8) is 0 Å². The van der Waals surface area contributed by atoms with Gasteiger partial charge in [0.15, 0.2) is 11.8 Å². The van der Waals surface area contributed by atoms with Gasteiger partial charge in [0.1, 0.15) is 6.54 Å². The van der Waals surface area contributed by atoms with E-state index in [2.05, 4.69) is 75.3 Å². The standard InChI is InChI=1S/C21H32N6O/c1-5-22-21(23-14-20-24-17(4)28-25-20)27-12-10-26(11-13-27)15-18-6-8-19(9-7-18)16(2)3/h6-9,16H,5,10-15H2,1-4H3,(H,22,23). The third kappa shape index (κ3) is 5.55. The lowest BCUT2D eigenvalue weighted by Gasteiger charge is -2.36. The maximum atomic E-state index is 5.02. The van der Waals surface area contributed by atoms with Crippen molar-refractivity contribution in [3.05, 3.63) is 47.1 Å². The molecule has 3 rings (SSSR count). The number of aliphatic imine (C=N–C) groups is 1. The Labute approximate surface area is 167 Å². The van der Waals surface area contributed by atoms with Crippen LogP contribution in [0.4, 0.5) is 0 Å². The fraction of sp³-hybridized carbons (Fsp3) is 0.571. The molecule has 1 saturated heterocycles. The van der Waals surface area contributed by atoms with Crippen LogP contribution in [-0.2, 0) is 13.1 Å². The van der Waals surface area contributed by atoms with E-state index in [-0.39, 0.29) is 0 Å². The fourth-order valence-electron chi connectivity index (χ4n) is 3.36. The molecule has 7 nitrogen and oxygen atoms in total. The van der Waals surface area contributed by atoms with Crippen LogP contribution in [-0.4, -0.2) is 58.6 Å². The normalized spacial score (nSPS) is 16.0. The number of piperazine rings is 1. The Hall–Kier alpha value is -2.41. The molecule has 0 amide bonds. The molecule has 0 atom stereocenters. The molecule has 0 unspecified atom stereocenters. The summed E-state index contributed by atoms with van der Waals surface area (Å²) in [5.41, 5.74) is 2.78. The highest BCUT2D eigenvalue weighted by atomic mass is 16.5. The lowest BCUT2D eigenvalue weighted by atomic mass is 10.0. The van der Waals surface area contributed by atoms with Gasteiger partial charge in [-0.2, -0.15) is 4.98 Å². The van der Waals surface area contributed by atoms with E-state index in [0.29, 0.717) is 24.2 Å². The van der Waals surface area contributed by atoms with Crippen molar-refractivity contribution in [3.8, 4) is 0 Å². The maximum Gasteiger partial charge on any atom is 0.223 e. The van der Waals surface area contributed by atoms with Crippen molar-refractivity contribution >= 4 is 5.96 Å². The number of hydrogen-bond donors (Lipinski definition) is 1. The Bertz CT molecular complexity index is 759. The predicted octanol–water partition coefficient (Wildman–Crippen LogP) is 2.78. The van der Waals surface area contributed by atoms with Gasteiger partial charge >= 0.3 is 0 Å². The molecule has 0 radical (unpaired) electrons. The Morgan fingerprint density at radius 3 is 2.46 bits per heavy atom. The first-order valence-electron chi connectivity index (χ1n) is 10.2. The lowest BCUT2D eigenvalue weighted by Crippen LogP contribution is -2.52. The molecule has 2 heterocycles. The van der Waals surface area contributed by atoms with E-state index >= 15 is 0 Å². The first kappa shape index (κ1) is 20.3. The van der Waals surface area contributed by atoms with Crippen LogP contribution in [0.2, 0.25) is 0 Å². The number of aromatic nitrogens is 2. The topological polar surface area (TPSA) is 69.8 Å². The molecule has 1 aliphatic rings. The Kier molecular flexibility index (Phi) is 7.03. The van der Waals surface area contributed by atoms with Crippen molar-refractivity contribution < 1.29 is 4.52 Å². The first-order valence-corrected chi connectivity index (χ1v) is 10.2. The van der Waals surface area contributed by atoms with Crippen molar-refractivity contribution in [2.75, 3.05) is 32.7 Å². The third-order valence-corrected chi connectivity index (χ3v) is 5.00. The number of hydrogen-bond acceptors (Lipinski definition) is 5. The molecule has 0 bridgehead atoms. The molecule has 1 fully saturated rings. The van der Waals surface area contributed by atoms with Crippen LogP contribution < -0.4 is 5.32 Å². The zero-order valence-corrected chi connectivity index (χ0v) is 17.5. The minimum atomic E-state index is 0.433. The van der Waals surface area contributed by atoms with Crippen molar-refractivity contribution in [2.24, 2.45) is 4.99 Å². The second-order valence-electron chi connectivity index (χ2n) is 7.56. The summed E-state index contributed by atoms with van der Waals surface area (Å²) >= 11 is 0. The van der Waals surface area contributed by atoms with Gasteiger partial charge in [0.25, 0.3) is 0 Å². The van der Waals surface area contributed by atoms with E-state index in [0.717, 1.165) is 45.2 Å². The number of benzene rings is 1. The van der Waals surface area contributed by atoms with Gasteiger partial charge in [-0.05, 0) is 24.0 Å². The van der Waals surface area contributed by atoms with Crippen LogP contribution in [0.3, 0.4) is 0 Å². The minimum Gasteiger partial charge on any atom is -0.357 e. The van der Waals surface area contributed by atoms with E-state index in [1.54, 1.807) is 6.92 Å². The highest BCUT2D eigenvalue weighted by Crippen LogP contribution is 2.16. The Balaban J connectivity index is 1.53. The van der Waals surface area contributed by atoms with Crippen molar-refractivity contribution in [1.29, 1.82) is 0 Å². The fourth-order valence-corrected chi connectivity index (χ4v) is 3.36. The summed E-state index contributed by atoms with van der Waals surface area (Å²) in [6, 6.07) is 9.04. The van der Waals surface area contributed by atoms with Crippen molar-refractivity contribution in [2.45, 2.75) is 46.7 Å². The van der Waals surface area contributed by atoms with Gasteiger partial charge in [-0.1, -0.05) is 43.3 Å². The maximum absolute atomic E-state index is 5.02. The monoisotopic (exact) mass is 384 g/mol. The third-order valence-electron chi connectivity index (χ3n) is 5.00. The van der Waals surface area contributed by atoms with Crippen LogP contribution in [0.5, 0.6) is 0 Å². The van der Waals surface area contributed by atoms with Gasteiger partial charge in [-0.15, -0.1) is 0 Å². The smallest absolute Gasteiger partial charge is 0.223 e. The van der Waals surface area contributed by atoms with Crippen LogP contribution in [0.15, 0.2) is 33.8 Å². The van der Waals surface area contributed by atoms with E-state index in [4.69, 9.17) is 4.52 Å². The second-order valence-corrected chi connectivity index (χ2v) is 7.56. The molecule has 1 aliphatic heterocycles. The Morgan fingerprint density at radius 1 is 1.18 bits per heavy atom. The van der Waals surface area contributed by atoms with Crippen molar-refractivity contribution in [1.82, 2.24) is 25.3 Å². The molecular formula is C21H32N6O. The summed E-state index contributed by atoms with van der Waals surface area (Å²) in [5.74, 6) is 2.70. The molecule has 1 N–H and O–H groups in total. The zero-order valence-electron chi connectivity index (χ0n) is 17.5. The quantitative estimate of drug-likeness (QED) is 0.610. The molecule has 1 aromatic carbocycles. The van der Waals surface area contributed by atoms with Crippen LogP contribution in [0.25, 0.3) is 0 Å². The summed E-state index contributed by atoms with van der Waals surface area (Å²) < 4.78 is 5.02. The second kappa shape index (κ2) is 9.68. The molecule has 2 aromatic rings. The summed E-state index contributed by atoms with van der Waals surface area (Å²) in [5, 5.41) is 7.30. The molecule has 0 aliphatic carbocycles. The molecule has 28 heavy (non-hydrogen) atoms. The molecule has 7 heteroatoms. The lowest BCUT2D eigenvalue weighted by molar-refractivity contribution is 0.172. The number of nitrogens with zero attached hydrogens (tertiary/aromatic N) is 5. The summed E-state index contributed by atoms with van der Waals surface area (Å²) in [6.45, 7) is 14.6. The average molecular weight is 385 g/mol. The first-order chi connectivity index (χ1) is 13.5. The van der Waals surface area contributed by atoms with Gasteiger partial charge in [0, 0.05) is 46.2 Å². The van der Waals surface area contributed by atoms with Gasteiger partial charge in [0.05, 0.1) is 0 Å². The molecule has 1 aromatic heterocycles. The molecule has 152 valence electrons. The largest absolute Gasteiger partial charge is 0.357 e. The zero-order chi connectivity index (χ0) is 19.9. The SMILES string of the molecule is CCNC(=NCc1noc(C)n1)N1CCN(Cc2ccc(C(C)C)cc2)CC1. The molecule has 0 spiro atoms. The predicted molar refractivity (Wildman–Crippen MR) is 111 cm³/mol. The summed E-state index contributed by atoms with van der Waals surface area (Å²) in [7, 11) is 0. The highest BCUT2D eigenvalue weighted by Gasteiger charge is 2.20. The summed E-state index contributed by atoms with van der Waals surface area (Å²) in [4.78, 5) is 13.7. The van der Waals surface area contributed by atoms with Crippen LogP contribution >= 0.6 is 0 Å². The minimum absolute atomic E-state index is 0.433. The number of rotatable bonds is 6. The van der Waals surface area contributed by atoms with Gasteiger partial charge in [-0.25, -0.2) is 4.99 Å². The molecular weight excluding hydrogens is 352 g/mol. The molecule has 0 saturated carbocycles. The number of aryl methyl sites for hydroxylation is 1. The van der Waals surface area contributed by atoms with Gasteiger partial charge < -0.3 is 14.7 Å². The average Bonchev–Trinajstić information content (AvgIpc) is 3.11. The van der Waals surface area contributed by atoms with E-state index < -0.39 is 0 Å². The number of guanidine groups is 1. The highest BCUT2D eigenvalue weighted by molar-refractivity contribution is 5.80. The van der Waals surface area contributed by atoms with Gasteiger partial charge in [0.2, 0.25) is 5.89 Å². The van der Waals surface area contributed by atoms with E-state index in [1.165, 1.54) is 11.1 Å². The van der Waals surface area contributed by atoms with Gasteiger partial charge in [-0.3, -0.25) is 4.90 Å². The number of nitrogens with one attached hydrogen (secondary N) is 1. The van der Waals surface area contributed by atoms with Crippen LogP contribution in [0.1, 0.15) is 49.5 Å². The van der Waals surface area contributed by atoms with E-state index in [1.807, 2.05) is 0 Å².